The number of aliphatic hydroxyl groups excluding tert-OH is 2. The molecule has 6 nitrogen and oxygen atoms in total. The molecule has 6 heteroatoms. The van der Waals surface area contributed by atoms with E-state index in [4.69, 9.17) is 16.6 Å². The molecule has 0 aliphatic heterocycles. The van der Waals surface area contributed by atoms with Gasteiger partial charge in [0.1, 0.15) is 6.10 Å². The molecule has 0 heterocycles. The lowest BCUT2D eigenvalue weighted by Crippen LogP contribution is -2.27. The fourth-order valence-corrected chi connectivity index (χ4v) is 1.30. The molecule has 0 amide bonds. The van der Waals surface area contributed by atoms with E-state index in [0.29, 0.717) is 0 Å². The fraction of sp³-hybridized carbons (Fsp3) is 0.300. The zero-order valence-electron chi connectivity index (χ0n) is 8.50. The van der Waals surface area contributed by atoms with Crippen molar-refractivity contribution in [2.45, 2.75) is 12.2 Å². The van der Waals surface area contributed by atoms with Gasteiger partial charge in [0.25, 0.3) is 0 Å². The van der Waals surface area contributed by atoms with Crippen LogP contribution in [-0.2, 0) is 0 Å². The first-order chi connectivity index (χ1) is 7.47. The lowest BCUT2D eigenvalue weighted by Gasteiger charge is -2.18. The number of anilines is 1. The molecule has 2 atom stereocenters. The van der Waals surface area contributed by atoms with Gasteiger partial charge in [-0.2, -0.15) is 0 Å². The van der Waals surface area contributed by atoms with Crippen LogP contribution < -0.4 is 11.5 Å². The number of hydrogen-bond donors (Lipinski definition) is 5. The van der Waals surface area contributed by atoms with Crippen molar-refractivity contribution in [1.29, 1.82) is 0 Å². The lowest BCUT2D eigenvalue weighted by atomic mass is 10.00. The van der Waals surface area contributed by atoms with Crippen LogP contribution in [0.3, 0.4) is 0 Å². The molecule has 0 fully saturated rings. The van der Waals surface area contributed by atoms with Crippen LogP contribution in [0.5, 0.6) is 0 Å². The first-order valence-electron chi connectivity index (χ1n) is 4.66. The van der Waals surface area contributed by atoms with Crippen LogP contribution in [0.15, 0.2) is 18.2 Å². The van der Waals surface area contributed by atoms with Gasteiger partial charge in [0.05, 0.1) is 11.7 Å². The summed E-state index contributed by atoms with van der Waals surface area (Å²) in [5.74, 6) is -1.13. The Bertz CT molecular complexity index is 394. The molecule has 7 N–H and O–H groups in total. The topological polar surface area (TPSA) is 130 Å². The Morgan fingerprint density at radius 1 is 1.38 bits per heavy atom. The lowest BCUT2D eigenvalue weighted by molar-refractivity contribution is 0.0247. The third kappa shape index (κ3) is 2.48. The molecule has 0 radical (unpaired) electrons. The van der Waals surface area contributed by atoms with Crippen LogP contribution in [0.1, 0.15) is 22.0 Å². The smallest absolute Gasteiger partial charge is 0.335 e. The Labute approximate surface area is 92.1 Å². The van der Waals surface area contributed by atoms with Gasteiger partial charge in [0, 0.05) is 17.8 Å². The Balaban J connectivity index is 3.11. The van der Waals surface area contributed by atoms with E-state index in [2.05, 4.69) is 0 Å². The van der Waals surface area contributed by atoms with Crippen molar-refractivity contribution in [3.63, 3.8) is 0 Å². The van der Waals surface area contributed by atoms with Crippen molar-refractivity contribution in [1.82, 2.24) is 0 Å². The second-order valence-corrected chi connectivity index (χ2v) is 3.40. The van der Waals surface area contributed by atoms with E-state index in [1.165, 1.54) is 18.2 Å². The maximum absolute atomic E-state index is 10.7. The number of carbonyl (C=O) groups is 1. The number of aliphatic hydroxyl groups is 2. The normalized spacial score (nSPS) is 14.4. The van der Waals surface area contributed by atoms with E-state index in [9.17, 15) is 15.0 Å². The largest absolute Gasteiger partial charge is 0.478 e. The van der Waals surface area contributed by atoms with Crippen LogP contribution >= 0.6 is 0 Å². The summed E-state index contributed by atoms with van der Waals surface area (Å²) in [6, 6.07) is 3.91. The van der Waals surface area contributed by atoms with Crippen molar-refractivity contribution >= 4 is 11.7 Å². The molecule has 0 saturated heterocycles. The van der Waals surface area contributed by atoms with Gasteiger partial charge in [-0.25, -0.2) is 4.79 Å². The molecule has 16 heavy (non-hydrogen) atoms. The van der Waals surface area contributed by atoms with Gasteiger partial charge in [-0.3, -0.25) is 0 Å². The Hall–Kier alpha value is -1.63. The summed E-state index contributed by atoms with van der Waals surface area (Å²) in [7, 11) is 0. The van der Waals surface area contributed by atoms with Crippen molar-refractivity contribution in [3.8, 4) is 0 Å². The molecule has 0 aromatic heterocycles. The molecule has 88 valence electrons. The van der Waals surface area contributed by atoms with Crippen molar-refractivity contribution in [2.75, 3.05) is 12.3 Å². The predicted octanol–water partition coefficient (Wildman–Crippen LogP) is -0.680. The molecule has 0 aliphatic carbocycles. The number of carboxylic acid groups (broad SMARTS) is 1. The summed E-state index contributed by atoms with van der Waals surface area (Å²) in [4.78, 5) is 10.7. The van der Waals surface area contributed by atoms with E-state index in [1.54, 1.807) is 0 Å². The minimum atomic E-state index is -1.29. The molecule has 0 saturated carbocycles. The van der Waals surface area contributed by atoms with Gasteiger partial charge >= 0.3 is 5.97 Å². The number of aromatic carboxylic acids is 1. The van der Waals surface area contributed by atoms with Gasteiger partial charge in [-0.05, 0) is 18.2 Å². The molecule has 2 unspecified atom stereocenters. The first-order valence-corrected chi connectivity index (χ1v) is 4.66. The number of nitrogen functional groups attached to an aromatic ring is 1. The highest BCUT2D eigenvalue weighted by Gasteiger charge is 2.20. The standard InChI is InChI=1S/C10H14N2O4/c11-4-8(13)9(14)6-3-5(10(15)16)1-2-7(6)12/h1-3,8-9,13-14H,4,11-12H2,(H,15,16). The highest BCUT2D eigenvalue weighted by molar-refractivity contribution is 5.88. The zero-order chi connectivity index (χ0) is 12.3. The monoisotopic (exact) mass is 226 g/mol. The van der Waals surface area contributed by atoms with Gasteiger partial charge < -0.3 is 26.8 Å². The van der Waals surface area contributed by atoms with E-state index in [1.807, 2.05) is 0 Å². The zero-order valence-corrected chi connectivity index (χ0v) is 8.50. The van der Waals surface area contributed by atoms with E-state index in [0.717, 1.165) is 0 Å². The van der Waals surface area contributed by atoms with Gasteiger partial charge in [-0.1, -0.05) is 0 Å². The van der Waals surface area contributed by atoms with Crippen LogP contribution in [0.4, 0.5) is 5.69 Å². The summed E-state index contributed by atoms with van der Waals surface area (Å²) in [6.45, 7) is -0.141. The molecule has 0 bridgehead atoms. The third-order valence-corrected chi connectivity index (χ3v) is 2.26. The van der Waals surface area contributed by atoms with Gasteiger partial charge in [0.2, 0.25) is 0 Å². The molecular weight excluding hydrogens is 212 g/mol. The summed E-state index contributed by atoms with van der Waals surface area (Å²) >= 11 is 0. The molecule has 0 spiro atoms. The SMILES string of the molecule is NCC(O)C(O)c1cc(C(=O)O)ccc1N. The summed E-state index contributed by atoms with van der Waals surface area (Å²) in [5.41, 5.74) is 11.1. The summed E-state index contributed by atoms with van der Waals surface area (Å²) in [5, 5.41) is 27.8. The predicted molar refractivity (Wildman–Crippen MR) is 57.8 cm³/mol. The molecule has 1 rings (SSSR count). The Morgan fingerprint density at radius 3 is 2.50 bits per heavy atom. The first kappa shape index (κ1) is 12.4. The second-order valence-electron chi connectivity index (χ2n) is 3.40. The molecule has 0 aliphatic rings. The second kappa shape index (κ2) is 4.93. The molecular formula is C10H14N2O4. The number of carboxylic acids is 1. The van der Waals surface area contributed by atoms with E-state index >= 15 is 0 Å². The Morgan fingerprint density at radius 2 is 2.00 bits per heavy atom. The number of hydrogen-bond acceptors (Lipinski definition) is 5. The highest BCUT2D eigenvalue weighted by Crippen LogP contribution is 2.24. The quantitative estimate of drug-likeness (QED) is 0.432. The van der Waals surface area contributed by atoms with Crippen molar-refractivity contribution < 1.29 is 20.1 Å². The highest BCUT2D eigenvalue weighted by atomic mass is 16.4. The third-order valence-electron chi connectivity index (χ3n) is 2.26. The molecule has 1 aromatic rings. The van der Waals surface area contributed by atoms with Gasteiger partial charge in [-0.15, -0.1) is 0 Å². The number of benzene rings is 1. The van der Waals surface area contributed by atoms with E-state index in [-0.39, 0.29) is 23.4 Å². The average molecular weight is 226 g/mol. The fourth-order valence-electron chi connectivity index (χ4n) is 1.30. The van der Waals surface area contributed by atoms with Crippen LogP contribution in [-0.4, -0.2) is 33.9 Å². The minimum absolute atomic E-state index is 0.00697. The number of rotatable bonds is 4. The van der Waals surface area contributed by atoms with Crippen LogP contribution in [0, 0.1) is 0 Å². The van der Waals surface area contributed by atoms with Crippen molar-refractivity contribution in [3.05, 3.63) is 29.3 Å². The maximum atomic E-state index is 10.7. The average Bonchev–Trinajstić information content (AvgIpc) is 2.27. The Kier molecular flexibility index (Phi) is 3.83. The summed E-state index contributed by atoms with van der Waals surface area (Å²) in [6.07, 6.45) is -2.46. The van der Waals surface area contributed by atoms with Crippen molar-refractivity contribution in [2.24, 2.45) is 5.73 Å². The molecule has 1 aromatic carbocycles. The van der Waals surface area contributed by atoms with Gasteiger partial charge in [0.15, 0.2) is 0 Å². The summed E-state index contributed by atoms with van der Waals surface area (Å²) < 4.78 is 0. The van der Waals surface area contributed by atoms with E-state index < -0.39 is 18.2 Å². The number of nitrogens with two attached hydrogens (primary N) is 2. The van der Waals surface area contributed by atoms with Crippen LogP contribution in [0.2, 0.25) is 0 Å². The van der Waals surface area contributed by atoms with Crippen LogP contribution in [0.25, 0.3) is 0 Å². The maximum Gasteiger partial charge on any atom is 0.335 e. The minimum Gasteiger partial charge on any atom is -0.478 e.